The van der Waals surface area contributed by atoms with Gasteiger partial charge in [0.1, 0.15) is 11.5 Å². The SMILES string of the molecule is c1ccc(-c2ncc(-c3ccco3)c(-c3cccs3)n2)nc1. The monoisotopic (exact) mass is 305 g/mol. The van der Waals surface area contributed by atoms with E-state index in [4.69, 9.17) is 9.40 Å². The number of furan rings is 1. The maximum Gasteiger partial charge on any atom is 0.178 e. The van der Waals surface area contributed by atoms with Crippen molar-refractivity contribution in [3.8, 4) is 33.4 Å². The quantitative estimate of drug-likeness (QED) is 0.558. The summed E-state index contributed by atoms with van der Waals surface area (Å²) in [4.78, 5) is 14.6. The average Bonchev–Trinajstić information content (AvgIpc) is 3.29. The van der Waals surface area contributed by atoms with Gasteiger partial charge in [-0.15, -0.1) is 11.3 Å². The molecule has 0 amide bonds. The molecule has 0 radical (unpaired) electrons. The number of aromatic nitrogens is 3. The van der Waals surface area contributed by atoms with Crippen LogP contribution in [-0.2, 0) is 0 Å². The molecule has 0 aliphatic heterocycles. The largest absolute Gasteiger partial charge is 0.464 e. The third-order valence-electron chi connectivity index (χ3n) is 3.22. The lowest BCUT2D eigenvalue weighted by Crippen LogP contribution is -1.95. The Labute approximate surface area is 131 Å². The van der Waals surface area contributed by atoms with Crippen LogP contribution in [0.1, 0.15) is 0 Å². The van der Waals surface area contributed by atoms with Gasteiger partial charge >= 0.3 is 0 Å². The Bertz CT molecular complexity index is 872. The lowest BCUT2D eigenvalue weighted by molar-refractivity contribution is 0.582. The van der Waals surface area contributed by atoms with Gasteiger partial charge in [-0.3, -0.25) is 4.98 Å². The summed E-state index contributed by atoms with van der Waals surface area (Å²) < 4.78 is 5.51. The molecule has 0 saturated carbocycles. The summed E-state index contributed by atoms with van der Waals surface area (Å²) in [5.41, 5.74) is 2.50. The van der Waals surface area contributed by atoms with Crippen molar-refractivity contribution in [3.63, 3.8) is 0 Å². The first kappa shape index (κ1) is 12.9. The van der Waals surface area contributed by atoms with Crippen LogP contribution < -0.4 is 0 Å². The van der Waals surface area contributed by atoms with Gasteiger partial charge in [-0.25, -0.2) is 9.97 Å². The maximum atomic E-state index is 5.51. The van der Waals surface area contributed by atoms with Crippen molar-refractivity contribution in [2.75, 3.05) is 0 Å². The molecule has 106 valence electrons. The van der Waals surface area contributed by atoms with Gasteiger partial charge in [0.15, 0.2) is 5.82 Å². The average molecular weight is 305 g/mol. The Hall–Kier alpha value is -2.79. The molecule has 0 N–H and O–H groups in total. The van der Waals surface area contributed by atoms with Gasteiger partial charge in [-0.05, 0) is 35.7 Å². The van der Waals surface area contributed by atoms with Gasteiger partial charge in [0.25, 0.3) is 0 Å². The number of rotatable bonds is 3. The first-order chi connectivity index (χ1) is 10.9. The summed E-state index contributed by atoms with van der Waals surface area (Å²) in [6.45, 7) is 0. The van der Waals surface area contributed by atoms with Crippen molar-refractivity contribution in [2.45, 2.75) is 0 Å². The van der Waals surface area contributed by atoms with E-state index in [0.717, 1.165) is 27.6 Å². The Balaban J connectivity index is 1.91. The van der Waals surface area contributed by atoms with Gasteiger partial charge in [0.2, 0.25) is 0 Å². The summed E-state index contributed by atoms with van der Waals surface area (Å²) in [6.07, 6.45) is 5.19. The van der Waals surface area contributed by atoms with Crippen LogP contribution in [0.2, 0.25) is 0 Å². The molecular formula is C17H11N3OS. The standard InChI is InChI=1S/C17H11N3OS/c1-2-8-18-13(5-1)17-19-11-12(14-6-3-9-21-14)16(20-17)15-7-4-10-22-15/h1-11H. The van der Waals surface area contributed by atoms with Crippen molar-refractivity contribution in [2.24, 2.45) is 0 Å². The molecule has 4 aromatic rings. The number of hydrogen-bond donors (Lipinski definition) is 0. The summed E-state index contributed by atoms with van der Waals surface area (Å²) >= 11 is 1.64. The van der Waals surface area contributed by atoms with Crippen molar-refractivity contribution in [1.82, 2.24) is 15.0 Å². The summed E-state index contributed by atoms with van der Waals surface area (Å²) in [5.74, 6) is 1.37. The molecule has 4 heterocycles. The fourth-order valence-corrected chi connectivity index (χ4v) is 2.94. The molecule has 0 aromatic carbocycles. The molecule has 0 spiro atoms. The maximum absolute atomic E-state index is 5.51. The van der Waals surface area contributed by atoms with Gasteiger partial charge < -0.3 is 4.42 Å². The van der Waals surface area contributed by atoms with E-state index in [1.807, 2.05) is 47.8 Å². The zero-order chi connectivity index (χ0) is 14.8. The predicted molar refractivity (Wildman–Crippen MR) is 86.3 cm³/mol. The second-order valence-corrected chi connectivity index (χ2v) is 5.57. The molecule has 0 saturated heterocycles. The van der Waals surface area contributed by atoms with Crippen LogP contribution in [0.25, 0.3) is 33.4 Å². The minimum absolute atomic E-state index is 0.610. The Morgan fingerprint density at radius 3 is 2.68 bits per heavy atom. The van der Waals surface area contributed by atoms with Gasteiger partial charge in [-0.1, -0.05) is 12.1 Å². The fourth-order valence-electron chi connectivity index (χ4n) is 2.21. The van der Waals surface area contributed by atoms with Crippen LogP contribution in [0, 0.1) is 0 Å². The Morgan fingerprint density at radius 2 is 1.95 bits per heavy atom. The first-order valence-corrected chi connectivity index (χ1v) is 7.66. The number of hydrogen-bond acceptors (Lipinski definition) is 5. The molecule has 0 bridgehead atoms. The van der Waals surface area contributed by atoms with E-state index in [0.29, 0.717) is 5.82 Å². The van der Waals surface area contributed by atoms with E-state index in [1.54, 1.807) is 30.0 Å². The van der Waals surface area contributed by atoms with Crippen LogP contribution >= 0.6 is 11.3 Å². The van der Waals surface area contributed by atoms with Crippen molar-refractivity contribution >= 4 is 11.3 Å². The molecule has 4 aromatic heterocycles. The third kappa shape index (κ3) is 2.31. The Kier molecular flexibility index (Phi) is 3.25. The Morgan fingerprint density at radius 1 is 0.955 bits per heavy atom. The zero-order valence-electron chi connectivity index (χ0n) is 11.5. The van der Waals surface area contributed by atoms with E-state index < -0.39 is 0 Å². The lowest BCUT2D eigenvalue weighted by Gasteiger charge is -2.07. The number of nitrogens with zero attached hydrogens (tertiary/aromatic N) is 3. The van der Waals surface area contributed by atoms with E-state index >= 15 is 0 Å². The van der Waals surface area contributed by atoms with Crippen molar-refractivity contribution in [1.29, 1.82) is 0 Å². The van der Waals surface area contributed by atoms with Crippen LogP contribution in [-0.4, -0.2) is 15.0 Å². The molecule has 4 nitrogen and oxygen atoms in total. The molecule has 4 rings (SSSR count). The van der Waals surface area contributed by atoms with Crippen LogP contribution in [0.15, 0.2) is 70.9 Å². The minimum Gasteiger partial charge on any atom is -0.464 e. The van der Waals surface area contributed by atoms with Crippen molar-refractivity contribution in [3.05, 3.63) is 66.5 Å². The van der Waals surface area contributed by atoms with Gasteiger partial charge in [0.05, 0.1) is 22.4 Å². The molecule has 22 heavy (non-hydrogen) atoms. The summed E-state index contributed by atoms with van der Waals surface area (Å²) in [6, 6.07) is 13.5. The van der Waals surface area contributed by atoms with E-state index in [-0.39, 0.29) is 0 Å². The smallest absolute Gasteiger partial charge is 0.178 e. The highest BCUT2D eigenvalue weighted by atomic mass is 32.1. The molecule has 0 aliphatic carbocycles. The van der Waals surface area contributed by atoms with Crippen LogP contribution in [0.4, 0.5) is 0 Å². The summed E-state index contributed by atoms with van der Waals surface area (Å²) in [7, 11) is 0. The highest BCUT2D eigenvalue weighted by Crippen LogP contribution is 2.33. The third-order valence-corrected chi connectivity index (χ3v) is 4.10. The fraction of sp³-hybridized carbons (Fsp3) is 0. The lowest BCUT2D eigenvalue weighted by atomic mass is 10.1. The topological polar surface area (TPSA) is 51.8 Å². The van der Waals surface area contributed by atoms with Gasteiger partial charge in [-0.2, -0.15) is 0 Å². The van der Waals surface area contributed by atoms with Crippen molar-refractivity contribution < 1.29 is 4.42 Å². The van der Waals surface area contributed by atoms with Crippen LogP contribution in [0.5, 0.6) is 0 Å². The van der Waals surface area contributed by atoms with E-state index in [9.17, 15) is 0 Å². The molecule has 0 fully saturated rings. The highest BCUT2D eigenvalue weighted by Gasteiger charge is 2.15. The zero-order valence-corrected chi connectivity index (χ0v) is 12.3. The molecular weight excluding hydrogens is 294 g/mol. The molecule has 0 unspecified atom stereocenters. The predicted octanol–water partition coefficient (Wildman–Crippen LogP) is 4.53. The van der Waals surface area contributed by atoms with E-state index in [1.165, 1.54) is 0 Å². The second-order valence-electron chi connectivity index (χ2n) is 4.63. The normalized spacial score (nSPS) is 10.7. The van der Waals surface area contributed by atoms with E-state index in [2.05, 4.69) is 9.97 Å². The molecule has 0 aliphatic rings. The number of pyridine rings is 1. The first-order valence-electron chi connectivity index (χ1n) is 6.78. The minimum atomic E-state index is 0.610. The number of thiophene rings is 1. The highest BCUT2D eigenvalue weighted by molar-refractivity contribution is 7.13. The van der Waals surface area contributed by atoms with Gasteiger partial charge in [0, 0.05) is 12.4 Å². The second kappa shape index (κ2) is 5.54. The summed E-state index contributed by atoms with van der Waals surface area (Å²) in [5, 5.41) is 2.03. The molecule has 0 atom stereocenters. The van der Waals surface area contributed by atoms with Crippen LogP contribution in [0.3, 0.4) is 0 Å². The molecule has 5 heteroatoms.